The fraction of sp³-hybridized carbons (Fsp3) is 0.364. The molecular formula is C22H22ClF3N4O. The van der Waals surface area contributed by atoms with Gasteiger partial charge in [0.1, 0.15) is 5.82 Å². The summed E-state index contributed by atoms with van der Waals surface area (Å²) in [5.74, 6) is 0.549. The van der Waals surface area contributed by atoms with Gasteiger partial charge in [0.15, 0.2) is 0 Å². The Labute approximate surface area is 182 Å². The van der Waals surface area contributed by atoms with E-state index in [0.717, 1.165) is 42.4 Å². The number of nitrogens with zero attached hydrogens (tertiary/aromatic N) is 1. The lowest BCUT2D eigenvalue weighted by molar-refractivity contribution is -0.137. The number of carbonyl (C=O) groups is 1. The Balaban J connectivity index is 1.36. The zero-order valence-corrected chi connectivity index (χ0v) is 17.6. The lowest BCUT2D eigenvalue weighted by Crippen LogP contribution is -2.29. The van der Waals surface area contributed by atoms with E-state index < -0.39 is 11.7 Å². The van der Waals surface area contributed by atoms with Crippen LogP contribution in [-0.2, 0) is 19.0 Å². The number of aryl methyl sites for hydroxylation is 1. The number of benzene rings is 1. The van der Waals surface area contributed by atoms with Crippen LogP contribution >= 0.6 is 11.6 Å². The number of halogens is 4. The minimum absolute atomic E-state index is 0.127. The van der Waals surface area contributed by atoms with Gasteiger partial charge in [-0.1, -0.05) is 18.5 Å². The van der Waals surface area contributed by atoms with Gasteiger partial charge in [-0.3, -0.25) is 4.79 Å². The van der Waals surface area contributed by atoms with E-state index in [-0.39, 0.29) is 29.8 Å². The number of hydrogen-bond donors (Lipinski definition) is 3. The zero-order valence-electron chi connectivity index (χ0n) is 16.9. The largest absolute Gasteiger partial charge is 0.417 e. The van der Waals surface area contributed by atoms with Crippen molar-refractivity contribution in [3.8, 4) is 0 Å². The summed E-state index contributed by atoms with van der Waals surface area (Å²) in [6.07, 6.45) is -0.580. The molecule has 0 bridgehead atoms. The molecule has 31 heavy (non-hydrogen) atoms. The number of hydrogen-bond acceptors (Lipinski definition) is 3. The van der Waals surface area contributed by atoms with E-state index in [4.69, 9.17) is 11.6 Å². The Morgan fingerprint density at radius 3 is 2.84 bits per heavy atom. The first-order valence-corrected chi connectivity index (χ1v) is 10.5. The fourth-order valence-corrected chi connectivity index (χ4v) is 4.15. The van der Waals surface area contributed by atoms with E-state index in [1.165, 1.54) is 11.3 Å². The van der Waals surface area contributed by atoms with Crippen LogP contribution in [0.25, 0.3) is 10.9 Å². The number of nitrogens with one attached hydrogen (secondary N) is 3. The van der Waals surface area contributed by atoms with Gasteiger partial charge in [0.2, 0.25) is 0 Å². The van der Waals surface area contributed by atoms with E-state index in [0.29, 0.717) is 11.5 Å². The molecule has 3 aromatic rings. The van der Waals surface area contributed by atoms with Crippen molar-refractivity contribution in [3.63, 3.8) is 0 Å². The van der Waals surface area contributed by atoms with Crippen molar-refractivity contribution in [3.05, 3.63) is 57.9 Å². The van der Waals surface area contributed by atoms with Gasteiger partial charge >= 0.3 is 6.18 Å². The first-order valence-electron chi connectivity index (χ1n) is 10.1. The van der Waals surface area contributed by atoms with E-state index in [2.05, 4.69) is 27.5 Å². The molecule has 5 nitrogen and oxygen atoms in total. The number of aromatic amines is 1. The molecule has 2 heterocycles. The maximum Gasteiger partial charge on any atom is 0.417 e. The van der Waals surface area contributed by atoms with Gasteiger partial charge in [0.05, 0.1) is 10.6 Å². The quantitative estimate of drug-likeness (QED) is 0.468. The van der Waals surface area contributed by atoms with Crippen LogP contribution in [0, 0.1) is 5.92 Å². The minimum Gasteiger partial charge on any atom is -0.367 e. The second kappa shape index (κ2) is 8.42. The second-order valence-electron chi connectivity index (χ2n) is 7.93. The summed E-state index contributed by atoms with van der Waals surface area (Å²) in [5.41, 5.74) is 3.26. The summed E-state index contributed by atoms with van der Waals surface area (Å²) >= 11 is 5.87. The first-order chi connectivity index (χ1) is 14.7. The van der Waals surface area contributed by atoms with Crippen LogP contribution < -0.4 is 10.6 Å². The number of aromatic nitrogens is 2. The monoisotopic (exact) mass is 450 g/mol. The molecule has 1 atom stereocenters. The molecule has 0 fully saturated rings. The highest BCUT2D eigenvalue weighted by Gasteiger charge is 2.31. The first kappa shape index (κ1) is 21.5. The van der Waals surface area contributed by atoms with Crippen LogP contribution in [0.5, 0.6) is 0 Å². The highest BCUT2D eigenvalue weighted by molar-refractivity contribution is 6.32. The van der Waals surface area contributed by atoms with Crippen molar-refractivity contribution < 1.29 is 18.0 Å². The summed E-state index contributed by atoms with van der Waals surface area (Å²) in [5, 5.41) is 6.61. The Morgan fingerprint density at radius 1 is 1.29 bits per heavy atom. The van der Waals surface area contributed by atoms with Gasteiger partial charge in [0.25, 0.3) is 5.91 Å². The molecule has 3 N–H and O–H groups in total. The third kappa shape index (κ3) is 4.63. The molecule has 4 rings (SSSR count). The van der Waals surface area contributed by atoms with Crippen molar-refractivity contribution in [2.24, 2.45) is 5.92 Å². The molecule has 0 spiro atoms. The summed E-state index contributed by atoms with van der Waals surface area (Å²) in [7, 11) is 0. The average molecular weight is 451 g/mol. The highest BCUT2D eigenvalue weighted by Crippen LogP contribution is 2.33. The van der Waals surface area contributed by atoms with Crippen LogP contribution in [0.2, 0.25) is 5.02 Å². The number of fused-ring (bicyclic) bond motifs is 3. The molecule has 2 aromatic heterocycles. The van der Waals surface area contributed by atoms with Crippen molar-refractivity contribution in [1.29, 1.82) is 0 Å². The average Bonchev–Trinajstić information content (AvgIpc) is 3.08. The smallest absolute Gasteiger partial charge is 0.367 e. The van der Waals surface area contributed by atoms with Gasteiger partial charge < -0.3 is 15.6 Å². The molecule has 0 unspecified atom stereocenters. The zero-order chi connectivity index (χ0) is 22.2. The maximum absolute atomic E-state index is 12.7. The van der Waals surface area contributed by atoms with E-state index in [1.54, 1.807) is 6.07 Å². The van der Waals surface area contributed by atoms with Crippen molar-refractivity contribution in [2.45, 2.75) is 32.4 Å². The SMILES string of the molecule is C[C@H]1CCc2[nH]c3ccc(C(=O)NCCNc4ncc(C(F)(F)F)cc4Cl)cc3c2C1. The van der Waals surface area contributed by atoms with E-state index in [9.17, 15) is 18.0 Å². The Kier molecular flexibility index (Phi) is 5.83. The molecule has 1 aromatic carbocycles. The maximum atomic E-state index is 12.7. The standard InChI is InChI=1S/C22H22ClF3N4O/c1-12-2-4-18-15(8-12)16-9-13(3-5-19(16)30-18)21(31)28-7-6-27-20-17(23)10-14(11-29-20)22(24,25)26/h3,5,9-12,30H,2,4,6-8H2,1H3,(H,27,29)(H,28,31)/t12-/m0/s1. The number of alkyl halides is 3. The highest BCUT2D eigenvalue weighted by atomic mass is 35.5. The van der Waals surface area contributed by atoms with E-state index in [1.807, 2.05) is 12.1 Å². The predicted molar refractivity (Wildman–Crippen MR) is 115 cm³/mol. The molecule has 1 aliphatic carbocycles. The number of amides is 1. The van der Waals surface area contributed by atoms with Crippen LogP contribution in [0.15, 0.2) is 30.5 Å². The molecule has 1 amide bonds. The number of pyridine rings is 1. The summed E-state index contributed by atoms with van der Waals surface area (Å²) in [6.45, 7) is 2.77. The van der Waals surface area contributed by atoms with Gasteiger partial charge in [-0.25, -0.2) is 4.98 Å². The fourth-order valence-electron chi connectivity index (χ4n) is 3.91. The Hall–Kier alpha value is -2.74. The third-order valence-electron chi connectivity index (χ3n) is 5.57. The van der Waals surface area contributed by atoms with Gasteiger partial charge in [-0.15, -0.1) is 0 Å². The van der Waals surface area contributed by atoms with Gasteiger partial charge in [-0.2, -0.15) is 13.2 Å². The molecule has 0 radical (unpaired) electrons. The number of anilines is 1. The number of rotatable bonds is 5. The van der Waals surface area contributed by atoms with Crippen LogP contribution in [-0.4, -0.2) is 29.0 Å². The molecular weight excluding hydrogens is 429 g/mol. The topological polar surface area (TPSA) is 69.8 Å². The lowest BCUT2D eigenvalue weighted by atomic mass is 9.87. The number of carbonyl (C=O) groups excluding carboxylic acids is 1. The van der Waals surface area contributed by atoms with Gasteiger partial charge in [-0.05, 0) is 55.0 Å². The van der Waals surface area contributed by atoms with Crippen molar-refractivity contribution >= 4 is 34.2 Å². The molecule has 164 valence electrons. The molecule has 9 heteroatoms. The molecule has 1 aliphatic rings. The summed E-state index contributed by atoms with van der Waals surface area (Å²) in [6, 6.07) is 6.45. The Bertz CT molecular complexity index is 1130. The predicted octanol–water partition coefficient (Wildman–Crippen LogP) is 5.20. The van der Waals surface area contributed by atoms with Crippen LogP contribution in [0.4, 0.5) is 19.0 Å². The Morgan fingerprint density at radius 2 is 2.10 bits per heavy atom. The minimum atomic E-state index is -4.50. The molecule has 0 aliphatic heterocycles. The van der Waals surface area contributed by atoms with Crippen LogP contribution in [0.3, 0.4) is 0 Å². The molecule has 0 saturated heterocycles. The number of H-pyrrole nitrogens is 1. The summed E-state index contributed by atoms with van der Waals surface area (Å²) < 4.78 is 38.0. The second-order valence-corrected chi connectivity index (χ2v) is 8.33. The van der Waals surface area contributed by atoms with Crippen molar-refractivity contribution in [2.75, 3.05) is 18.4 Å². The normalized spacial score (nSPS) is 16.2. The van der Waals surface area contributed by atoms with Crippen LogP contribution in [0.1, 0.15) is 40.5 Å². The van der Waals surface area contributed by atoms with E-state index >= 15 is 0 Å². The summed E-state index contributed by atoms with van der Waals surface area (Å²) in [4.78, 5) is 19.7. The molecule has 0 saturated carbocycles. The lowest BCUT2D eigenvalue weighted by Gasteiger charge is -2.18. The van der Waals surface area contributed by atoms with Crippen molar-refractivity contribution in [1.82, 2.24) is 15.3 Å². The van der Waals surface area contributed by atoms with Gasteiger partial charge in [0, 0.05) is 41.4 Å². The third-order valence-corrected chi connectivity index (χ3v) is 5.86.